The maximum Gasteiger partial charge on any atom is 0.122 e. The van der Waals surface area contributed by atoms with Gasteiger partial charge >= 0.3 is 0 Å². The Hall–Kier alpha value is -1.51. The average Bonchev–Trinajstić information content (AvgIpc) is 2.43. The first-order chi connectivity index (χ1) is 9.43. The molecule has 2 aromatic carbocycles. The Labute approximate surface area is 125 Å². The first-order valence-electron chi connectivity index (χ1n) is 6.60. The molecular formula is C17H20ClNO. The molecule has 0 spiro atoms. The van der Waals surface area contributed by atoms with Gasteiger partial charge in [-0.15, -0.1) is 0 Å². The van der Waals surface area contributed by atoms with E-state index in [1.807, 2.05) is 45.0 Å². The van der Waals surface area contributed by atoms with E-state index in [2.05, 4.69) is 6.07 Å². The molecule has 0 radical (unpaired) electrons. The smallest absolute Gasteiger partial charge is 0.122 e. The second-order valence-corrected chi connectivity index (χ2v) is 5.57. The number of hydrogen-bond acceptors (Lipinski definition) is 2. The van der Waals surface area contributed by atoms with Gasteiger partial charge in [-0.05, 0) is 60.7 Å². The standard InChI is InChI=1S/C17H20ClNO/c1-10-5-6-13(9-15(10)18)17(19)14-7-12(3)16(20-4)8-11(14)2/h5-9,17H,19H2,1-4H3. The van der Waals surface area contributed by atoms with Gasteiger partial charge in [0.05, 0.1) is 13.2 Å². The lowest BCUT2D eigenvalue weighted by Gasteiger charge is -2.18. The maximum atomic E-state index is 6.40. The summed E-state index contributed by atoms with van der Waals surface area (Å²) in [6, 6.07) is 9.92. The van der Waals surface area contributed by atoms with Crippen LogP contribution in [0.2, 0.25) is 5.02 Å². The fourth-order valence-electron chi connectivity index (χ4n) is 2.35. The van der Waals surface area contributed by atoms with Gasteiger partial charge in [0.15, 0.2) is 0 Å². The predicted molar refractivity (Wildman–Crippen MR) is 84.7 cm³/mol. The van der Waals surface area contributed by atoms with E-state index in [4.69, 9.17) is 22.1 Å². The van der Waals surface area contributed by atoms with E-state index >= 15 is 0 Å². The van der Waals surface area contributed by atoms with Crippen LogP contribution in [-0.2, 0) is 0 Å². The molecule has 0 aliphatic rings. The molecule has 2 nitrogen and oxygen atoms in total. The molecule has 0 fully saturated rings. The molecule has 2 N–H and O–H groups in total. The minimum absolute atomic E-state index is 0.183. The van der Waals surface area contributed by atoms with Crippen LogP contribution in [0.4, 0.5) is 0 Å². The summed E-state index contributed by atoms with van der Waals surface area (Å²) in [6.45, 7) is 6.06. The van der Waals surface area contributed by atoms with Crippen LogP contribution < -0.4 is 10.5 Å². The van der Waals surface area contributed by atoms with E-state index in [0.29, 0.717) is 0 Å². The Bertz CT molecular complexity index is 637. The summed E-state index contributed by atoms with van der Waals surface area (Å²) in [5, 5.41) is 0.751. The Morgan fingerprint density at radius 1 is 1.00 bits per heavy atom. The van der Waals surface area contributed by atoms with E-state index < -0.39 is 0 Å². The molecule has 106 valence electrons. The van der Waals surface area contributed by atoms with Gasteiger partial charge < -0.3 is 10.5 Å². The fourth-order valence-corrected chi connectivity index (χ4v) is 2.54. The van der Waals surface area contributed by atoms with E-state index in [-0.39, 0.29) is 6.04 Å². The van der Waals surface area contributed by atoms with Gasteiger partial charge in [-0.25, -0.2) is 0 Å². The molecule has 0 saturated heterocycles. The number of ether oxygens (including phenoxy) is 1. The molecule has 2 rings (SSSR count). The highest BCUT2D eigenvalue weighted by Crippen LogP contribution is 2.30. The Balaban J connectivity index is 2.45. The van der Waals surface area contributed by atoms with E-state index in [1.54, 1.807) is 7.11 Å². The van der Waals surface area contributed by atoms with Crippen LogP contribution in [0.3, 0.4) is 0 Å². The summed E-state index contributed by atoms with van der Waals surface area (Å²) in [4.78, 5) is 0. The third-order valence-electron chi connectivity index (χ3n) is 3.67. The summed E-state index contributed by atoms with van der Waals surface area (Å²) in [6.07, 6.45) is 0. The van der Waals surface area contributed by atoms with Gasteiger partial charge in [0.1, 0.15) is 5.75 Å². The maximum absolute atomic E-state index is 6.40. The SMILES string of the molecule is COc1cc(C)c(C(N)c2ccc(C)c(Cl)c2)cc1C. The van der Waals surface area contributed by atoms with Gasteiger partial charge in [0, 0.05) is 5.02 Å². The van der Waals surface area contributed by atoms with Crippen molar-refractivity contribution in [3.63, 3.8) is 0 Å². The Kier molecular flexibility index (Phi) is 4.36. The highest BCUT2D eigenvalue weighted by atomic mass is 35.5. The summed E-state index contributed by atoms with van der Waals surface area (Å²) < 4.78 is 5.34. The van der Waals surface area contributed by atoms with Crippen molar-refractivity contribution >= 4 is 11.6 Å². The summed E-state index contributed by atoms with van der Waals surface area (Å²) in [5.74, 6) is 0.889. The number of benzene rings is 2. The molecule has 20 heavy (non-hydrogen) atoms. The molecule has 0 aliphatic heterocycles. The van der Waals surface area contributed by atoms with Crippen molar-refractivity contribution in [2.24, 2.45) is 5.73 Å². The first-order valence-corrected chi connectivity index (χ1v) is 6.98. The number of methoxy groups -OCH3 is 1. The van der Waals surface area contributed by atoms with Crippen LogP contribution in [0.1, 0.15) is 33.9 Å². The zero-order chi connectivity index (χ0) is 14.9. The Morgan fingerprint density at radius 3 is 2.30 bits per heavy atom. The van der Waals surface area contributed by atoms with Gasteiger partial charge in [-0.1, -0.05) is 29.8 Å². The van der Waals surface area contributed by atoms with Crippen LogP contribution in [0.5, 0.6) is 5.75 Å². The fraction of sp³-hybridized carbons (Fsp3) is 0.294. The van der Waals surface area contributed by atoms with Gasteiger partial charge in [-0.3, -0.25) is 0 Å². The predicted octanol–water partition coefficient (Wildman–Crippen LogP) is 4.32. The topological polar surface area (TPSA) is 35.2 Å². The third-order valence-corrected chi connectivity index (χ3v) is 4.08. The molecule has 0 aliphatic carbocycles. The normalized spacial score (nSPS) is 12.3. The van der Waals surface area contributed by atoms with Crippen LogP contribution in [0.15, 0.2) is 30.3 Å². The van der Waals surface area contributed by atoms with E-state index in [0.717, 1.165) is 38.6 Å². The van der Waals surface area contributed by atoms with Crippen molar-refractivity contribution in [1.29, 1.82) is 0 Å². The minimum Gasteiger partial charge on any atom is -0.496 e. The van der Waals surface area contributed by atoms with Gasteiger partial charge in [0.2, 0.25) is 0 Å². The largest absolute Gasteiger partial charge is 0.496 e. The highest BCUT2D eigenvalue weighted by molar-refractivity contribution is 6.31. The van der Waals surface area contributed by atoms with Crippen molar-refractivity contribution in [3.8, 4) is 5.75 Å². The first kappa shape index (κ1) is 14.9. The summed E-state index contributed by atoms with van der Waals surface area (Å²) >= 11 is 6.19. The Morgan fingerprint density at radius 2 is 1.70 bits per heavy atom. The van der Waals surface area contributed by atoms with Crippen molar-refractivity contribution in [1.82, 2.24) is 0 Å². The second-order valence-electron chi connectivity index (χ2n) is 5.16. The van der Waals surface area contributed by atoms with E-state index in [9.17, 15) is 0 Å². The monoisotopic (exact) mass is 289 g/mol. The molecule has 1 unspecified atom stereocenters. The lowest BCUT2D eigenvalue weighted by Crippen LogP contribution is -2.14. The highest BCUT2D eigenvalue weighted by Gasteiger charge is 2.14. The lowest BCUT2D eigenvalue weighted by molar-refractivity contribution is 0.411. The van der Waals surface area contributed by atoms with Crippen LogP contribution in [0, 0.1) is 20.8 Å². The summed E-state index contributed by atoms with van der Waals surface area (Å²) in [7, 11) is 1.68. The number of hydrogen-bond donors (Lipinski definition) is 1. The number of halogens is 1. The zero-order valence-corrected chi connectivity index (χ0v) is 13.1. The number of aryl methyl sites for hydroxylation is 3. The molecule has 0 amide bonds. The van der Waals surface area contributed by atoms with Crippen LogP contribution in [0.25, 0.3) is 0 Å². The molecular weight excluding hydrogens is 270 g/mol. The van der Waals surface area contributed by atoms with E-state index in [1.165, 1.54) is 0 Å². The number of rotatable bonds is 3. The third kappa shape index (κ3) is 2.82. The zero-order valence-electron chi connectivity index (χ0n) is 12.3. The minimum atomic E-state index is -0.183. The summed E-state index contributed by atoms with van der Waals surface area (Å²) in [5.41, 5.74) is 11.8. The van der Waals surface area contributed by atoms with Gasteiger partial charge in [0.25, 0.3) is 0 Å². The van der Waals surface area contributed by atoms with Crippen molar-refractivity contribution in [2.75, 3.05) is 7.11 Å². The van der Waals surface area contributed by atoms with Crippen LogP contribution in [-0.4, -0.2) is 7.11 Å². The molecule has 0 saturated carbocycles. The lowest BCUT2D eigenvalue weighted by atomic mass is 9.93. The molecule has 2 aromatic rings. The van der Waals surface area contributed by atoms with Crippen molar-refractivity contribution in [3.05, 3.63) is 63.2 Å². The van der Waals surface area contributed by atoms with Crippen molar-refractivity contribution < 1.29 is 4.74 Å². The quantitative estimate of drug-likeness (QED) is 0.913. The molecule has 3 heteroatoms. The van der Waals surface area contributed by atoms with Gasteiger partial charge in [-0.2, -0.15) is 0 Å². The molecule has 0 bridgehead atoms. The second kappa shape index (κ2) is 5.86. The van der Waals surface area contributed by atoms with Crippen molar-refractivity contribution in [2.45, 2.75) is 26.8 Å². The van der Waals surface area contributed by atoms with Crippen LogP contribution >= 0.6 is 11.6 Å². The molecule has 0 heterocycles. The molecule has 0 aromatic heterocycles. The average molecular weight is 290 g/mol. The number of nitrogens with two attached hydrogens (primary N) is 1. The molecule has 1 atom stereocenters.